The highest BCUT2D eigenvalue weighted by Gasteiger charge is 2.10. The van der Waals surface area contributed by atoms with Gasteiger partial charge in [0, 0.05) is 16.9 Å². The minimum absolute atomic E-state index is 0.0331. The summed E-state index contributed by atoms with van der Waals surface area (Å²) >= 11 is 17.4. The number of carbonyl (C=O) groups excluding carboxylic acids is 1. The minimum atomic E-state index is -0.473. The molecule has 0 unspecified atom stereocenters. The van der Waals surface area contributed by atoms with Crippen LogP contribution in [-0.4, -0.2) is 10.5 Å². The van der Waals surface area contributed by atoms with E-state index in [-0.39, 0.29) is 22.5 Å². The van der Waals surface area contributed by atoms with Crippen molar-refractivity contribution < 1.29 is 4.79 Å². The van der Waals surface area contributed by atoms with Crippen molar-refractivity contribution in [3.63, 3.8) is 0 Å². The van der Waals surface area contributed by atoms with E-state index >= 15 is 0 Å². The molecular weight excluding hydrogens is 335 g/mol. The molecule has 0 aliphatic heterocycles. The Kier molecular flexibility index (Phi) is 4.93. The van der Waals surface area contributed by atoms with E-state index in [9.17, 15) is 9.59 Å². The number of hydrogen-bond donors (Lipinski definition) is 1. The predicted molar refractivity (Wildman–Crippen MR) is 85.5 cm³/mol. The molecule has 110 valence electrons. The summed E-state index contributed by atoms with van der Waals surface area (Å²) < 4.78 is 1.15. The van der Waals surface area contributed by atoms with Gasteiger partial charge < -0.3 is 9.88 Å². The lowest BCUT2D eigenvalue weighted by Crippen LogP contribution is -2.27. The number of nitrogens with zero attached hydrogens (tertiary/aromatic N) is 1. The van der Waals surface area contributed by atoms with Gasteiger partial charge in [0.2, 0.25) is 5.91 Å². The molecule has 0 saturated carbocycles. The van der Waals surface area contributed by atoms with E-state index in [2.05, 4.69) is 5.32 Å². The lowest BCUT2D eigenvalue weighted by molar-refractivity contribution is -0.116. The van der Waals surface area contributed by atoms with Crippen molar-refractivity contribution in [2.24, 2.45) is 0 Å². The maximum absolute atomic E-state index is 12.0. The zero-order chi connectivity index (χ0) is 15.6. The second-order valence-electron chi connectivity index (χ2n) is 4.45. The van der Waals surface area contributed by atoms with E-state index in [1.165, 1.54) is 12.3 Å². The van der Waals surface area contributed by atoms with E-state index < -0.39 is 5.56 Å². The molecular formula is C14H11Cl3N2O2. The van der Waals surface area contributed by atoms with Crippen LogP contribution in [0.1, 0.15) is 5.56 Å². The maximum atomic E-state index is 12.0. The summed E-state index contributed by atoms with van der Waals surface area (Å²) in [6.07, 6.45) is 1.36. The van der Waals surface area contributed by atoms with Gasteiger partial charge in [-0.1, -0.05) is 40.9 Å². The number of benzene rings is 1. The van der Waals surface area contributed by atoms with Crippen molar-refractivity contribution in [3.8, 4) is 0 Å². The molecule has 0 spiro atoms. The molecule has 0 fully saturated rings. The summed E-state index contributed by atoms with van der Waals surface area (Å²) in [4.78, 5) is 23.8. The molecule has 21 heavy (non-hydrogen) atoms. The molecule has 0 aliphatic rings. The van der Waals surface area contributed by atoms with Crippen LogP contribution in [0.15, 0.2) is 35.3 Å². The van der Waals surface area contributed by atoms with Crippen molar-refractivity contribution in [2.45, 2.75) is 13.5 Å². The highest BCUT2D eigenvalue weighted by molar-refractivity contribution is 6.34. The third-order valence-electron chi connectivity index (χ3n) is 2.80. The molecule has 0 bridgehead atoms. The maximum Gasteiger partial charge on any atom is 0.269 e. The Balaban J connectivity index is 2.19. The van der Waals surface area contributed by atoms with Crippen LogP contribution < -0.4 is 10.9 Å². The Morgan fingerprint density at radius 3 is 2.62 bits per heavy atom. The Hall–Kier alpha value is -1.49. The van der Waals surface area contributed by atoms with Crippen LogP contribution >= 0.6 is 34.8 Å². The number of carbonyl (C=O) groups is 1. The van der Waals surface area contributed by atoms with Gasteiger partial charge in [-0.15, -0.1) is 0 Å². The number of aromatic nitrogens is 1. The molecule has 7 heteroatoms. The first-order valence-electron chi connectivity index (χ1n) is 5.98. The molecule has 1 aromatic carbocycles. The van der Waals surface area contributed by atoms with E-state index in [1.54, 1.807) is 18.2 Å². The summed E-state index contributed by atoms with van der Waals surface area (Å²) in [5.74, 6) is -0.374. The lowest BCUT2D eigenvalue weighted by atomic mass is 10.2. The van der Waals surface area contributed by atoms with Crippen LogP contribution in [-0.2, 0) is 11.3 Å². The molecule has 1 aromatic heterocycles. The largest absolute Gasteiger partial charge is 0.324 e. The fourth-order valence-electron chi connectivity index (χ4n) is 1.76. The molecule has 2 rings (SSSR count). The smallest absolute Gasteiger partial charge is 0.269 e. The molecule has 1 N–H and O–H groups in total. The summed E-state index contributed by atoms with van der Waals surface area (Å²) in [6.45, 7) is 1.65. The fraction of sp³-hybridized carbons (Fsp3) is 0.143. The predicted octanol–water partition coefficient (Wildman–Crippen LogP) is 3.76. The van der Waals surface area contributed by atoms with Gasteiger partial charge in [-0.3, -0.25) is 9.59 Å². The Labute approximate surface area is 136 Å². The fourth-order valence-corrected chi connectivity index (χ4v) is 2.44. The number of anilines is 1. The number of aryl methyl sites for hydroxylation is 1. The first kappa shape index (κ1) is 15.9. The van der Waals surface area contributed by atoms with E-state index in [4.69, 9.17) is 34.8 Å². The van der Waals surface area contributed by atoms with Crippen LogP contribution in [0.2, 0.25) is 15.1 Å². The Bertz CT molecular complexity index is 756. The Morgan fingerprint density at radius 2 is 1.90 bits per heavy atom. The van der Waals surface area contributed by atoms with Crippen molar-refractivity contribution >= 4 is 46.4 Å². The normalized spacial score (nSPS) is 10.5. The van der Waals surface area contributed by atoms with Crippen LogP contribution in [0.25, 0.3) is 0 Å². The summed E-state index contributed by atoms with van der Waals surface area (Å²) in [6, 6.07) is 6.50. The van der Waals surface area contributed by atoms with Crippen molar-refractivity contribution in [3.05, 3.63) is 61.4 Å². The second-order valence-corrected chi connectivity index (χ2v) is 5.73. The zero-order valence-electron chi connectivity index (χ0n) is 11.0. The van der Waals surface area contributed by atoms with E-state index in [0.717, 1.165) is 10.1 Å². The highest BCUT2D eigenvalue weighted by atomic mass is 35.5. The summed E-state index contributed by atoms with van der Waals surface area (Å²) in [5, 5.41) is 3.46. The third kappa shape index (κ3) is 4.00. The first-order valence-corrected chi connectivity index (χ1v) is 7.11. The molecule has 0 radical (unpaired) electrons. The molecule has 1 heterocycles. The molecule has 0 aliphatic carbocycles. The van der Waals surface area contributed by atoms with Crippen LogP contribution in [0.4, 0.5) is 5.69 Å². The average molecular weight is 346 g/mol. The van der Waals surface area contributed by atoms with Gasteiger partial charge in [0.25, 0.3) is 5.56 Å². The highest BCUT2D eigenvalue weighted by Crippen LogP contribution is 2.20. The van der Waals surface area contributed by atoms with Gasteiger partial charge in [-0.2, -0.15) is 0 Å². The molecule has 0 atom stereocenters. The van der Waals surface area contributed by atoms with Gasteiger partial charge in [0.15, 0.2) is 0 Å². The van der Waals surface area contributed by atoms with Gasteiger partial charge in [-0.25, -0.2) is 0 Å². The SMILES string of the molecule is Cc1ccc(Cl)cc1NC(=O)Cn1cc(Cl)cc(Cl)c1=O. The van der Waals surface area contributed by atoms with E-state index in [1.807, 2.05) is 6.92 Å². The van der Waals surface area contributed by atoms with Gasteiger partial charge in [-0.05, 0) is 30.7 Å². The molecule has 4 nitrogen and oxygen atoms in total. The minimum Gasteiger partial charge on any atom is -0.324 e. The van der Waals surface area contributed by atoms with Gasteiger partial charge >= 0.3 is 0 Å². The number of rotatable bonds is 3. The van der Waals surface area contributed by atoms with Crippen LogP contribution in [0.3, 0.4) is 0 Å². The monoisotopic (exact) mass is 344 g/mol. The van der Waals surface area contributed by atoms with Crippen molar-refractivity contribution in [1.82, 2.24) is 4.57 Å². The van der Waals surface area contributed by atoms with Crippen molar-refractivity contribution in [1.29, 1.82) is 0 Å². The molecule has 2 aromatic rings. The quantitative estimate of drug-likeness (QED) is 0.921. The molecule has 0 saturated heterocycles. The number of amides is 1. The molecule has 1 amide bonds. The Morgan fingerprint density at radius 1 is 1.19 bits per heavy atom. The third-order valence-corrected chi connectivity index (χ3v) is 3.51. The standard InChI is InChI=1S/C14H11Cl3N2O2/c1-8-2-3-9(15)5-12(8)18-13(20)7-19-6-10(16)4-11(17)14(19)21/h2-6H,7H2,1H3,(H,18,20). The summed E-state index contributed by atoms with van der Waals surface area (Å²) in [5.41, 5.74) is 0.983. The topological polar surface area (TPSA) is 51.1 Å². The van der Waals surface area contributed by atoms with E-state index in [0.29, 0.717) is 10.7 Å². The number of pyridine rings is 1. The lowest BCUT2D eigenvalue weighted by Gasteiger charge is -2.10. The van der Waals surface area contributed by atoms with Gasteiger partial charge in [0.1, 0.15) is 11.6 Å². The number of hydrogen-bond acceptors (Lipinski definition) is 2. The number of halogens is 3. The van der Waals surface area contributed by atoms with Crippen LogP contribution in [0.5, 0.6) is 0 Å². The zero-order valence-corrected chi connectivity index (χ0v) is 13.3. The first-order chi connectivity index (χ1) is 9.86. The number of nitrogens with one attached hydrogen (secondary N) is 1. The van der Waals surface area contributed by atoms with Crippen molar-refractivity contribution in [2.75, 3.05) is 5.32 Å². The summed E-state index contributed by atoms with van der Waals surface area (Å²) in [7, 11) is 0. The van der Waals surface area contributed by atoms with Crippen LogP contribution in [0, 0.1) is 6.92 Å². The van der Waals surface area contributed by atoms with Gasteiger partial charge in [0.05, 0.1) is 5.02 Å². The second kappa shape index (κ2) is 6.52. The average Bonchev–Trinajstić information content (AvgIpc) is 2.39.